The predicted octanol–water partition coefficient (Wildman–Crippen LogP) is 8.88. The Balaban J connectivity index is 0.000000177. The molecule has 9 rings (SSSR count). The lowest BCUT2D eigenvalue weighted by atomic mass is 10.2. The number of esters is 2. The summed E-state index contributed by atoms with van der Waals surface area (Å²) in [6, 6.07) is 31.3. The molecule has 2 aliphatic heterocycles. The van der Waals surface area contributed by atoms with E-state index >= 15 is 0 Å². The van der Waals surface area contributed by atoms with Crippen LogP contribution in [0.4, 0.5) is 15.3 Å². The lowest BCUT2D eigenvalue weighted by molar-refractivity contribution is -0.384. The van der Waals surface area contributed by atoms with Crippen LogP contribution in [0.15, 0.2) is 146 Å². The normalized spacial score (nSPS) is 13.8. The minimum atomic E-state index is -0.862. The molecule has 22 heteroatoms. The number of non-ortho nitro benzene ring substituents is 1. The van der Waals surface area contributed by atoms with E-state index in [4.69, 9.17) is 23.7 Å². The van der Waals surface area contributed by atoms with Crippen molar-refractivity contribution in [3.8, 4) is 28.7 Å². The van der Waals surface area contributed by atoms with E-state index < -0.39 is 34.2 Å². The van der Waals surface area contributed by atoms with Crippen LogP contribution in [0.3, 0.4) is 0 Å². The molecule has 0 aliphatic carbocycles. The first-order valence-corrected chi connectivity index (χ1v) is 25.2. The van der Waals surface area contributed by atoms with E-state index in [0.717, 1.165) is 79.9 Å². The maximum atomic E-state index is 12.8. The van der Waals surface area contributed by atoms with Crippen LogP contribution < -0.4 is 19.5 Å². The zero-order chi connectivity index (χ0) is 55.7. The van der Waals surface area contributed by atoms with Crippen LogP contribution >= 0.6 is 0 Å². The quantitative estimate of drug-likeness (QED) is 0.0682. The highest BCUT2D eigenvalue weighted by molar-refractivity contribution is 5.89. The Bertz CT molecular complexity index is 3090. The van der Waals surface area contributed by atoms with Gasteiger partial charge in [0.05, 0.1) is 17.3 Å². The summed E-state index contributed by atoms with van der Waals surface area (Å²) in [5.41, 5.74) is 1.08. The molecule has 2 saturated heterocycles. The van der Waals surface area contributed by atoms with Crippen molar-refractivity contribution in [2.75, 3.05) is 52.4 Å². The van der Waals surface area contributed by atoms with Gasteiger partial charge in [-0.2, -0.15) is 19.6 Å². The van der Waals surface area contributed by atoms with Gasteiger partial charge in [-0.05, 0) is 125 Å². The summed E-state index contributed by atoms with van der Waals surface area (Å²) in [4.78, 5) is 73.4. The van der Waals surface area contributed by atoms with Gasteiger partial charge in [-0.3, -0.25) is 29.9 Å². The molecule has 22 nitrogen and oxygen atoms in total. The fraction of sp³-hybridized carbons (Fsp3) is 0.321. The van der Waals surface area contributed by atoms with Crippen LogP contribution in [0.1, 0.15) is 73.6 Å². The summed E-state index contributed by atoms with van der Waals surface area (Å²) in [5.74, 6) is 2.00. The number of benzene rings is 3. The molecule has 78 heavy (non-hydrogen) atoms. The molecule has 3 aromatic carbocycles. The van der Waals surface area contributed by atoms with Crippen molar-refractivity contribution in [3.05, 3.63) is 179 Å². The minimum absolute atomic E-state index is 0.0365. The Labute approximate surface area is 451 Å². The summed E-state index contributed by atoms with van der Waals surface area (Å²) in [6.07, 6.45) is 8.75. The Morgan fingerprint density at radius 3 is 1.53 bits per heavy atom. The molecule has 4 aromatic heterocycles. The topological polar surface area (TPSA) is 241 Å². The fourth-order valence-corrected chi connectivity index (χ4v) is 7.65. The van der Waals surface area contributed by atoms with Crippen molar-refractivity contribution >= 4 is 29.8 Å². The van der Waals surface area contributed by atoms with Crippen LogP contribution in [-0.4, -0.2) is 137 Å². The standard InChI is InChI=1S/C25H29N5O4.C16H19N3O.C15H15N3O6/c1-25(2,3)34-23(31)22-9-11-30(27-22)24(32)29-14-12-28(13-15-29)18-19-6-4-7-20(16-19)33-21-8-5-10-26-17-21;1-3-14(13-19-9-7-17-8-10-19)11-15(4-1)20-16-5-2-6-18-12-16;1-15(2,3)24-13(19)12-8-9-17(16-12)14(20)23-11-6-4-10(5-7-11)18(21)22/h4-11,16-17H,12-15,18H2,1-3H3;1-6,11-12,17H,7-10,13H2;4-9H,1-3H3. The molecular weight excluding hydrogens is 1000 g/mol. The molecule has 0 radical (unpaired) electrons. The monoisotopic (exact) mass is 1070 g/mol. The van der Waals surface area contributed by atoms with Crippen LogP contribution in [0.5, 0.6) is 28.7 Å². The molecule has 7 aromatic rings. The van der Waals surface area contributed by atoms with E-state index in [1.165, 1.54) is 59.0 Å². The second-order valence-corrected chi connectivity index (χ2v) is 19.9. The van der Waals surface area contributed by atoms with Gasteiger partial charge in [-0.15, -0.1) is 0 Å². The lowest BCUT2D eigenvalue weighted by Crippen LogP contribution is -2.49. The number of carbonyl (C=O) groups excluding carboxylic acids is 4. The summed E-state index contributed by atoms with van der Waals surface area (Å²) in [7, 11) is 0. The number of amides is 1. The number of pyridine rings is 2. The van der Waals surface area contributed by atoms with Gasteiger partial charge in [0.15, 0.2) is 11.4 Å². The third-order valence-electron chi connectivity index (χ3n) is 11.2. The molecule has 0 atom stereocenters. The van der Waals surface area contributed by atoms with Gasteiger partial charge in [0.2, 0.25) is 0 Å². The molecule has 0 saturated carbocycles. The predicted molar refractivity (Wildman–Crippen MR) is 287 cm³/mol. The molecule has 408 valence electrons. The third-order valence-corrected chi connectivity index (χ3v) is 11.2. The van der Waals surface area contributed by atoms with Crippen LogP contribution in [0.25, 0.3) is 0 Å². The number of nitro groups is 1. The van der Waals surface area contributed by atoms with Crippen molar-refractivity contribution in [2.24, 2.45) is 0 Å². The number of carbonyl (C=O) groups is 4. The zero-order valence-corrected chi connectivity index (χ0v) is 44.4. The second-order valence-electron chi connectivity index (χ2n) is 19.9. The first-order chi connectivity index (χ1) is 37.3. The largest absolute Gasteiger partial charge is 0.456 e. The highest BCUT2D eigenvalue weighted by atomic mass is 16.6. The van der Waals surface area contributed by atoms with E-state index in [1.54, 1.807) is 71.2 Å². The Morgan fingerprint density at radius 2 is 1.05 bits per heavy atom. The number of hydrogen-bond acceptors (Lipinski definition) is 18. The Morgan fingerprint density at radius 1 is 0.577 bits per heavy atom. The molecule has 2 aliphatic rings. The summed E-state index contributed by atoms with van der Waals surface area (Å²) in [6.45, 7) is 19.2. The maximum absolute atomic E-state index is 12.8. The molecule has 0 spiro atoms. The van der Waals surface area contributed by atoms with E-state index in [2.05, 4.69) is 53.5 Å². The lowest BCUT2D eigenvalue weighted by Gasteiger charge is -2.34. The Hall–Kier alpha value is -8.86. The van der Waals surface area contributed by atoms with Crippen molar-refractivity contribution in [1.82, 2.24) is 49.5 Å². The number of aromatic nitrogens is 6. The average Bonchev–Trinajstić information content (AvgIpc) is 4.14. The number of nitrogens with zero attached hydrogens (tertiary/aromatic N) is 10. The summed E-state index contributed by atoms with van der Waals surface area (Å²) in [5, 5.41) is 21.8. The van der Waals surface area contributed by atoms with Gasteiger partial charge in [-0.1, -0.05) is 24.3 Å². The number of rotatable bonds is 12. The number of nitrogens with one attached hydrogen (secondary N) is 1. The van der Waals surface area contributed by atoms with Gasteiger partial charge in [0.1, 0.15) is 39.9 Å². The SMILES string of the molecule is CC(C)(C)OC(=O)c1ccn(C(=O)N2CCN(Cc3cccc(Oc4cccnc4)c3)CC2)n1.CC(C)(C)OC(=O)c1ccn(C(=O)Oc2ccc([N+](=O)[O-])cc2)n1.c1cncc(Oc2cccc(CN3CCNCC3)c2)c1. The first kappa shape index (κ1) is 56.9. The highest BCUT2D eigenvalue weighted by Crippen LogP contribution is 2.24. The smallest absolute Gasteiger partial charge is 0.440 e. The number of hydrogen-bond donors (Lipinski definition) is 1. The zero-order valence-electron chi connectivity index (χ0n) is 44.4. The fourth-order valence-electron chi connectivity index (χ4n) is 7.65. The van der Waals surface area contributed by atoms with Gasteiger partial charge >= 0.3 is 24.1 Å². The average molecular weight is 1070 g/mol. The number of ether oxygens (including phenoxy) is 5. The van der Waals surface area contributed by atoms with Crippen molar-refractivity contribution in [2.45, 2.75) is 65.8 Å². The number of piperazine rings is 2. The van der Waals surface area contributed by atoms with Crippen LogP contribution in [-0.2, 0) is 22.6 Å². The molecule has 6 heterocycles. The molecule has 2 fully saturated rings. The number of nitro benzene ring substituents is 1. The van der Waals surface area contributed by atoms with Gasteiger partial charge in [0.25, 0.3) is 5.69 Å². The van der Waals surface area contributed by atoms with Crippen molar-refractivity contribution in [1.29, 1.82) is 0 Å². The summed E-state index contributed by atoms with van der Waals surface area (Å²) < 4.78 is 29.2. The van der Waals surface area contributed by atoms with Crippen LogP contribution in [0.2, 0.25) is 0 Å². The first-order valence-electron chi connectivity index (χ1n) is 25.2. The molecule has 0 unspecified atom stereocenters. The third kappa shape index (κ3) is 18.2. The molecule has 0 bridgehead atoms. The van der Waals surface area contributed by atoms with Crippen molar-refractivity contribution < 1.29 is 47.8 Å². The van der Waals surface area contributed by atoms with Gasteiger partial charge in [0, 0.05) is 102 Å². The van der Waals surface area contributed by atoms with Gasteiger partial charge < -0.3 is 33.9 Å². The second kappa shape index (κ2) is 26.8. The molecule has 1 amide bonds. The highest BCUT2D eigenvalue weighted by Gasteiger charge is 2.26. The van der Waals surface area contributed by atoms with E-state index in [9.17, 15) is 29.3 Å². The minimum Gasteiger partial charge on any atom is -0.456 e. The molecule has 1 N–H and O–H groups in total. The molecular formula is C56H63N11O11. The summed E-state index contributed by atoms with van der Waals surface area (Å²) >= 11 is 0. The van der Waals surface area contributed by atoms with Crippen molar-refractivity contribution in [3.63, 3.8) is 0 Å². The maximum Gasteiger partial charge on any atom is 0.440 e. The van der Waals surface area contributed by atoms with E-state index in [-0.39, 0.29) is 28.9 Å². The Kier molecular flexibility index (Phi) is 19.5. The van der Waals surface area contributed by atoms with Crippen LogP contribution in [0, 0.1) is 10.1 Å². The van der Waals surface area contributed by atoms with E-state index in [0.29, 0.717) is 18.8 Å². The van der Waals surface area contributed by atoms with Gasteiger partial charge in [-0.25, -0.2) is 19.2 Å². The van der Waals surface area contributed by atoms with E-state index in [1.807, 2.05) is 54.6 Å².